The van der Waals surface area contributed by atoms with Crippen molar-refractivity contribution in [3.05, 3.63) is 60.7 Å². The van der Waals surface area contributed by atoms with Crippen molar-refractivity contribution in [1.29, 1.82) is 0 Å². The molecule has 0 radical (unpaired) electrons. The SMILES string of the molecule is CN(C)CNCC(=O)N1CCC(CC(=O)N2CCC([C@H]3c4ncc(Br)cc4CCc4cc(Cl)cc(Br)c43)CC2)CC1. The van der Waals surface area contributed by atoms with Crippen LogP contribution in [0.1, 0.15) is 60.4 Å². The first-order chi connectivity index (χ1) is 19.7. The highest BCUT2D eigenvalue weighted by Gasteiger charge is 2.36. The van der Waals surface area contributed by atoms with Crippen molar-refractivity contribution in [2.45, 2.75) is 50.9 Å². The van der Waals surface area contributed by atoms with Gasteiger partial charge in [0.25, 0.3) is 0 Å². The number of carbonyl (C=O) groups is 2. The van der Waals surface area contributed by atoms with Crippen molar-refractivity contribution in [3.8, 4) is 0 Å². The average Bonchev–Trinajstić information content (AvgIpc) is 3.10. The van der Waals surface area contributed by atoms with Crippen LogP contribution in [0.2, 0.25) is 5.02 Å². The minimum Gasteiger partial charge on any atom is -0.343 e. The molecule has 1 aromatic carbocycles. The Labute approximate surface area is 265 Å². The molecule has 2 fully saturated rings. The number of rotatable bonds is 7. The molecule has 0 saturated carbocycles. The third-order valence-corrected chi connectivity index (χ3v) is 10.2. The van der Waals surface area contributed by atoms with Gasteiger partial charge in [-0.05, 0) is 115 Å². The number of pyridine rings is 1. The van der Waals surface area contributed by atoms with E-state index >= 15 is 0 Å². The lowest BCUT2D eigenvalue weighted by Crippen LogP contribution is -2.45. The van der Waals surface area contributed by atoms with E-state index in [2.05, 4.69) is 54.2 Å². The molecule has 3 aliphatic rings. The van der Waals surface area contributed by atoms with E-state index in [1.807, 2.05) is 36.2 Å². The normalized spacial score (nSPS) is 20.1. The summed E-state index contributed by atoms with van der Waals surface area (Å²) in [6.07, 6.45) is 8.07. The Kier molecular flexibility index (Phi) is 10.4. The van der Waals surface area contributed by atoms with Crippen LogP contribution in [0.25, 0.3) is 0 Å². The Balaban J connectivity index is 1.19. The summed E-state index contributed by atoms with van der Waals surface area (Å²) in [7, 11) is 3.95. The summed E-state index contributed by atoms with van der Waals surface area (Å²) in [4.78, 5) is 36.8. The van der Waals surface area contributed by atoms with Crippen LogP contribution in [0.15, 0.2) is 33.3 Å². The number of carbonyl (C=O) groups excluding carboxylic acids is 2. The first-order valence-electron chi connectivity index (χ1n) is 14.7. The van der Waals surface area contributed by atoms with Crippen LogP contribution in [0, 0.1) is 11.8 Å². The van der Waals surface area contributed by atoms with Crippen molar-refractivity contribution in [2.75, 3.05) is 53.5 Å². The first-order valence-corrected chi connectivity index (χ1v) is 16.7. The number of fused-ring (bicyclic) bond motifs is 2. The molecular formula is C31H40Br2ClN5O2. The molecule has 1 atom stereocenters. The molecular weight excluding hydrogens is 670 g/mol. The van der Waals surface area contributed by atoms with Crippen LogP contribution in [0.3, 0.4) is 0 Å². The second kappa shape index (κ2) is 13.8. The van der Waals surface area contributed by atoms with E-state index in [0.29, 0.717) is 31.5 Å². The molecule has 5 rings (SSSR count). The van der Waals surface area contributed by atoms with Crippen LogP contribution in [0.5, 0.6) is 0 Å². The van der Waals surface area contributed by atoms with E-state index in [-0.39, 0.29) is 17.7 Å². The number of benzene rings is 1. The van der Waals surface area contributed by atoms with Gasteiger partial charge in [-0.25, -0.2) is 0 Å². The Bertz CT molecular complexity index is 1260. The maximum atomic E-state index is 13.3. The number of nitrogens with one attached hydrogen (secondary N) is 1. The predicted molar refractivity (Wildman–Crippen MR) is 170 cm³/mol. The summed E-state index contributed by atoms with van der Waals surface area (Å²) in [5.41, 5.74) is 5.06. The minimum atomic E-state index is 0.149. The fraction of sp³-hybridized carbons (Fsp3) is 0.581. The molecule has 2 aliphatic heterocycles. The number of piperidine rings is 2. The number of nitrogens with zero attached hydrogens (tertiary/aromatic N) is 4. The summed E-state index contributed by atoms with van der Waals surface area (Å²) in [5.74, 6) is 1.33. The highest BCUT2D eigenvalue weighted by Crippen LogP contribution is 2.46. The molecule has 1 aromatic heterocycles. The maximum absolute atomic E-state index is 13.3. The van der Waals surface area contributed by atoms with Gasteiger partial charge in [0, 0.05) is 65.4 Å². The molecule has 222 valence electrons. The molecule has 2 saturated heterocycles. The largest absolute Gasteiger partial charge is 0.343 e. The molecule has 3 heterocycles. The zero-order chi connectivity index (χ0) is 29.1. The minimum absolute atomic E-state index is 0.149. The second-order valence-corrected chi connectivity index (χ2v) is 14.3. The highest BCUT2D eigenvalue weighted by molar-refractivity contribution is 9.10. The number of aryl methyl sites for hydroxylation is 2. The summed E-state index contributed by atoms with van der Waals surface area (Å²) < 4.78 is 2.06. The second-order valence-electron chi connectivity index (χ2n) is 12.0. The Hall–Kier alpha value is -1.52. The zero-order valence-electron chi connectivity index (χ0n) is 24.0. The van der Waals surface area contributed by atoms with E-state index in [1.54, 1.807) is 0 Å². The van der Waals surface area contributed by atoms with Gasteiger partial charge in [-0.1, -0.05) is 27.5 Å². The van der Waals surface area contributed by atoms with Gasteiger partial charge in [-0.15, -0.1) is 0 Å². The molecule has 10 heteroatoms. The fourth-order valence-corrected chi connectivity index (χ4v) is 8.27. The van der Waals surface area contributed by atoms with Crippen LogP contribution in [-0.2, 0) is 22.4 Å². The molecule has 0 bridgehead atoms. The molecule has 0 spiro atoms. The number of halogens is 3. The van der Waals surface area contributed by atoms with Gasteiger partial charge in [-0.3, -0.25) is 24.8 Å². The maximum Gasteiger partial charge on any atom is 0.236 e. The number of aromatic nitrogens is 1. The smallest absolute Gasteiger partial charge is 0.236 e. The van der Waals surface area contributed by atoms with E-state index < -0.39 is 0 Å². The van der Waals surface area contributed by atoms with Crippen molar-refractivity contribution in [3.63, 3.8) is 0 Å². The van der Waals surface area contributed by atoms with Crippen molar-refractivity contribution in [2.24, 2.45) is 11.8 Å². The third-order valence-electron chi connectivity index (χ3n) is 8.92. The van der Waals surface area contributed by atoms with Gasteiger partial charge in [0.1, 0.15) is 0 Å². The lowest BCUT2D eigenvalue weighted by molar-refractivity contribution is -0.134. The standard InChI is InChI=1S/C31H40Br2ClN5O2/c1-37(2)19-35-18-28(41)39-9-5-20(6-10-39)13-27(40)38-11-7-21(8-12-38)30-29-22(15-25(34)16-26(29)33)3-4-23-14-24(32)17-36-31(23)30/h14-17,20-21,30,35H,3-13,18-19H2,1-2H3/t30-/m1/s1. The van der Waals surface area contributed by atoms with Crippen molar-refractivity contribution < 1.29 is 9.59 Å². The average molecular weight is 710 g/mol. The lowest BCUT2D eigenvalue weighted by Gasteiger charge is -2.38. The van der Waals surface area contributed by atoms with Gasteiger partial charge in [0.2, 0.25) is 11.8 Å². The van der Waals surface area contributed by atoms with Crippen LogP contribution >= 0.6 is 43.5 Å². The monoisotopic (exact) mass is 707 g/mol. The van der Waals surface area contributed by atoms with Crippen molar-refractivity contribution >= 4 is 55.3 Å². The molecule has 0 unspecified atom stereocenters. The lowest BCUT2D eigenvalue weighted by atomic mass is 9.76. The van der Waals surface area contributed by atoms with E-state index in [0.717, 1.165) is 84.4 Å². The Morgan fingerprint density at radius 3 is 2.34 bits per heavy atom. The Morgan fingerprint density at radius 2 is 1.63 bits per heavy atom. The molecule has 1 aliphatic carbocycles. The predicted octanol–water partition coefficient (Wildman–Crippen LogP) is 5.47. The fourth-order valence-electron chi connectivity index (χ4n) is 6.77. The van der Waals surface area contributed by atoms with E-state index in [1.165, 1.54) is 16.7 Å². The molecule has 7 nitrogen and oxygen atoms in total. The highest BCUT2D eigenvalue weighted by atomic mass is 79.9. The summed E-state index contributed by atoms with van der Waals surface area (Å²) in [5, 5.41) is 3.93. The van der Waals surface area contributed by atoms with Crippen LogP contribution < -0.4 is 5.32 Å². The van der Waals surface area contributed by atoms with Gasteiger partial charge in [0.05, 0.1) is 12.2 Å². The third kappa shape index (κ3) is 7.53. The van der Waals surface area contributed by atoms with Gasteiger partial charge in [-0.2, -0.15) is 0 Å². The Morgan fingerprint density at radius 1 is 0.976 bits per heavy atom. The molecule has 1 N–H and O–H groups in total. The van der Waals surface area contributed by atoms with Gasteiger partial charge < -0.3 is 9.80 Å². The topological polar surface area (TPSA) is 68.8 Å². The molecule has 2 amide bonds. The molecule has 41 heavy (non-hydrogen) atoms. The number of likely N-dealkylation sites (tertiary alicyclic amines) is 2. The number of hydrogen-bond acceptors (Lipinski definition) is 5. The summed E-state index contributed by atoms with van der Waals surface area (Å²) in [6.45, 7) is 4.09. The molecule has 2 aromatic rings. The first kappa shape index (κ1) is 30.9. The summed E-state index contributed by atoms with van der Waals surface area (Å²) >= 11 is 13.9. The number of hydrogen-bond donors (Lipinski definition) is 1. The van der Waals surface area contributed by atoms with E-state index in [9.17, 15) is 9.59 Å². The number of amides is 2. The van der Waals surface area contributed by atoms with E-state index in [4.69, 9.17) is 16.6 Å². The zero-order valence-corrected chi connectivity index (χ0v) is 27.9. The summed E-state index contributed by atoms with van der Waals surface area (Å²) in [6, 6.07) is 6.34. The quantitative estimate of drug-likeness (QED) is 0.387. The van der Waals surface area contributed by atoms with Crippen LogP contribution in [-0.4, -0.2) is 85.0 Å². The van der Waals surface area contributed by atoms with Gasteiger partial charge in [0.15, 0.2) is 0 Å². The van der Waals surface area contributed by atoms with Crippen molar-refractivity contribution in [1.82, 2.24) is 25.0 Å². The van der Waals surface area contributed by atoms with Crippen LogP contribution in [0.4, 0.5) is 0 Å². The van der Waals surface area contributed by atoms with Gasteiger partial charge >= 0.3 is 0 Å².